The van der Waals surface area contributed by atoms with Crippen molar-refractivity contribution in [3.05, 3.63) is 65.7 Å². The largest absolute Gasteiger partial charge is 0.508 e. The molecule has 0 saturated carbocycles. The van der Waals surface area contributed by atoms with Crippen LogP contribution in [0.5, 0.6) is 5.75 Å². The van der Waals surface area contributed by atoms with E-state index in [9.17, 15) is 24.6 Å². The summed E-state index contributed by atoms with van der Waals surface area (Å²) in [5.41, 5.74) is 7.38. The molecular formula is C20H23N3O5. The van der Waals surface area contributed by atoms with Crippen molar-refractivity contribution in [1.29, 1.82) is 0 Å². The number of phenols is 1. The number of carboxylic acids is 1. The van der Waals surface area contributed by atoms with Crippen LogP contribution in [0, 0.1) is 0 Å². The third-order valence-electron chi connectivity index (χ3n) is 4.07. The van der Waals surface area contributed by atoms with Gasteiger partial charge < -0.3 is 26.6 Å². The maximum absolute atomic E-state index is 12.0. The zero-order valence-corrected chi connectivity index (χ0v) is 15.2. The van der Waals surface area contributed by atoms with Crippen LogP contribution >= 0.6 is 0 Å². The summed E-state index contributed by atoms with van der Waals surface area (Å²) < 4.78 is 0. The van der Waals surface area contributed by atoms with E-state index in [0.717, 1.165) is 5.56 Å². The highest BCUT2D eigenvalue weighted by molar-refractivity contribution is 5.89. The van der Waals surface area contributed by atoms with E-state index in [1.165, 1.54) is 12.1 Å². The van der Waals surface area contributed by atoms with Crippen molar-refractivity contribution in [1.82, 2.24) is 10.6 Å². The number of phenolic OH excluding ortho intramolecular Hbond substituents is 1. The molecule has 0 aromatic heterocycles. The number of hydrogen-bond donors (Lipinski definition) is 5. The van der Waals surface area contributed by atoms with Crippen molar-refractivity contribution in [3.63, 3.8) is 0 Å². The van der Waals surface area contributed by atoms with E-state index in [1.54, 1.807) is 12.1 Å². The van der Waals surface area contributed by atoms with E-state index < -0.39 is 29.9 Å². The highest BCUT2D eigenvalue weighted by Gasteiger charge is 2.21. The maximum Gasteiger partial charge on any atom is 0.326 e. The number of amides is 2. The fourth-order valence-corrected chi connectivity index (χ4v) is 2.57. The molecule has 2 aromatic rings. The van der Waals surface area contributed by atoms with Gasteiger partial charge in [0, 0.05) is 6.42 Å². The Labute approximate surface area is 162 Å². The van der Waals surface area contributed by atoms with E-state index in [-0.39, 0.29) is 18.7 Å². The molecular weight excluding hydrogens is 362 g/mol. The number of carbonyl (C=O) groups excluding carboxylic acids is 2. The number of aromatic hydroxyl groups is 1. The van der Waals surface area contributed by atoms with E-state index in [1.807, 2.05) is 30.3 Å². The molecule has 0 fully saturated rings. The van der Waals surface area contributed by atoms with Crippen molar-refractivity contribution in [2.24, 2.45) is 5.73 Å². The van der Waals surface area contributed by atoms with Gasteiger partial charge in [0.2, 0.25) is 11.8 Å². The average Bonchev–Trinajstić information content (AvgIpc) is 2.67. The van der Waals surface area contributed by atoms with Gasteiger partial charge in [-0.1, -0.05) is 42.5 Å². The lowest BCUT2D eigenvalue weighted by atomic mass is 10.1. The zero-order valence-electron chi connectivity index (χ0n) is 15.2. The van der Waals surface area contributed by atoms with E-state index >= 15 is 0 Å². The van der Waals surface area contributed by atoms with Gasteiger partial charge in [0.05, 0.1) is 12.6 Å². The Hall–Kier alpha value is -3.39. The van der Waals surface area contributed by atoms with E-state index in [4.69, 9.17) is 5.73 Å². The zero-order chi connectivity index (χ0) is 20.5. The number of rotatable bonds is 9. The highest BCUT2D eigenvalue weighted by Crippen LogP contribution is 2.11. The van der Waals surface area contributed by atoms with Gasteiger partial charge in [-0.05, 0) is 29.7 Å². The number of carbonyl (C=O) groups is 3. The average molecular weight is 385 g/mol. The van der Waals surface area contributed by atoms with Crippen LogP contribution in [-0.2, 0) is 27.2 Å². The van der Waals surface area contributed by atoms with Crippen LogP contribution in [0.15, 0.2) is 54.6 Å². The molecule has 0 saturated heterocycles. The van der Waals surface area contributed by atoms with Crippen LogP contribution in [0.1, 0.15) is 11.1 Å². The summed E-state index contributed by atoms with van der Waals surface area (Å²) in [7, 11) is 0. The molecule has 2 atom stereocenters. The molecule has 0 aliphatic heterocycles. The Balaban J connectivity index is 1.82. The third-order valence-corrected chi connectivity index (χ3v) is 4.07. The molecule has 0 heterocycles. The van der Waals surface area contributed by atoms with Crippen molar-refractivity contribution < 1.29 is 24.6 Å². The van der Waals surface area contributed by atoms with Gasteiger partial charge in [-0.15, -0.1) is 0 Å². The highest BCUT2D eigenvalue weighted by atomic mass is 16.4. The second-order valence-electron chi connectivity index (χ2n) is 6.34. The Morgan fingerprint density at radius 2 is 1.54 bits per heavy atom. The van der Waals surface area contributed by atoms with E-state index in [2.05, 4.69) is 10.6 Å². The lowest BCUT2D eigenvalue weighted by Gasteiger charge is -2.16. The summed E-state index contributed by atoms with van der Waals surface area (Å²) in [6.07, 6.45) is 0.371. The fraction of sp³-hybridized carbons (Fsp3) is 0.250. The van der Waals surface area contributed by atoms with Crippen LogP contribution in [0.4, 0.5) is 0 Å². The Bertz CT molecular complexity index is 808. The normalized spacial score (nSPS) is 12.6. The molecule has 6 N–H and O–H groups in total. The smallest absolute Gasteiger partial charge is 0.326 e. The van der Waals surface area contributed by atoms with Crippen molar-refractivity contribution in [2.45, 2.75) is 24.9 Å². The quantitative estimate of drug-likeness (QED) is 0.417. The van der Waals surface area contributed by atoms with Gasteiger partial charge in [0.25, 0.3) is 0 Å². The molecule has 0 aliphatic rings. The Morgan fingerprint density at radius 1 is 0.929 bits per heavy atom. The first kappa shape index (κ1) is 20.9. The maximum atomic E-state index is 12.0. The number of nitrogens with one attached hydrogen (secondary N) is 2. The monoisotopic (exact) mass is 385 g/mol. The van der Waals surface area contributed by atoms with Crippen LogP contribution in [0.2, 0.25) is 0 Å². The molecule has 0 bridgehead atoms. The fourth-order valence-electron chi connectivity index (χ4n) is 2.57. The molecule has 8 nitrogen and oxygen atoms in total. The van der Waals surface area contributed by atoms with Crippen LogP contribution in [0.25, 0.3) is 0 Å². The van der Waals surface area contributed by atoms with Crippen LogP contribution in [-0.4, -0.2) is 46.6 Å². The SMILES string of the molecule is N[C@H](Cc1ccccc1)C(=O)NCC(=O)NC(Cc1ccc(O)cc1)C(=O)O. The summed E-state index contributed by atoms with van der Waals surface area (Å²) in [5, 5.41) is 23.3. The first-order valence-electron chi connectivity index (χ1n) is 8.72. The predicted octanol–water partition coefficient (Wildman–Crippen LogP) is 0.190. The summed E-state index contributed by atoms with van der Waals surface area (Å²) in [6, 6.07) is 13.3. The lowest BCUT2D eigenvalue weighted by Crippen LogP contribution is -2.49. The minimum atomic E-state index is -1.20. The third kappa shape index (κ3) is 6.73. The van der Waals surface area contributed by atoms with Gasteiger partial charge >= 0.3 is 5.97 Å². The molecule has 0 spiro atoms. The summed E-state index contributed by atoms with van der Waals surface area (Å²) in [6.45, 7) is -0.374. The topological polar surface area (TPSA) is 142 Å². The second kappa shape index (κ2) is 10.1. The molecule has 2 amide bonds. The van der Waals surface area contributed by atoms with Gasteiger partial charge in [-0.2, -0.15) is 0 Å². The molecule has 1 unspecified atom stereocenters. The van der Waals surface area contributed by atoms with Crippen molar-refractivity contribution in [2.75, 3.05) is 6.54 Å². The minimum absolute atomic E-state index is 0.0445. The summed E-state index contributed by atoms with van der Waals surface area (Å²) in [4.78, 5) is 35.4. The summed E-state index contributed by atoms with van der Waals surface area (Å²) >= 11 is 0. The van der Waals surface area contributed by atoms with Gasteiger partial charge in [0.1, 0.15) is 11.8 Å². The van der Waals surface area contributed by atoms with Crippen molar-refractivity contribution in [3.8, 4) is 5.75 Å². The number of aliphatic carboxylic acids is 1. The number of carboxylic acid groups (broad SMARTS) is 1. The number of nitrogens with two attached hydrogens (primary N) is 1. The number of hydrogen-bond acceptors (Lipinski definition) is 5. The summed E-state index contributed by atoms with van der Waals surface area (Å²) in [5.74, 6) is -2.27. The molecule has 0 aliphatic carbocycles. The van der Waals surface area contributed by atoms with Crippen LogP contribution in [0.3, 0.4) is 0 Å². The first-order chi connectivity index (χ1) is 13.3. The molecule has 2 rings (SSSR count). The lowest BCUT2D eigenvalue weighted by molar-refractivity contribution is -0.141. The Kier molecular flexibility index (Phi) is 7.53. The van der Waals surface area contributed by atoms with Crippen molar-refractivity contribution >= 4 is 17.8 Å². The molecule has 28 heavy (non-hydrogen) atoms. The van der Waals surface area contributed by atoms with Gasteiger partial charge in [-0.3, -0.25) is 9.59 Å². The second-order valence-corrected chi connectivity index (χ2v) is 6.34. The minimum Gasteiger partial charge on any atom is -0.508 e. The molecule has 0 radical (unpaired) electrons. The van der Waals surface area contributed by atoms with E-state index in [0.29, 0.717) is 12.0 Å². The standard InChI is InChI=1S/C20H23N3O5/c21-16(10-13-4-2-1-3-5-13)19(26)22-12-18(25)23-17(20(27)28)11-14-6-8-15(24)9-7-14/h1-9,16-17,24H,10-12,21H2,(H,22,26)(H,23,25)(H,27,28)/t16-,17?/m1/s1. The van der Waals surface area contributed by atoms with Gasteiger partial charge in [0.15, 0.2) is 0 Å². The van der Waals surface area contributed by atoms with Gasteiger partial charge in [-0.25, -0.2) is 4.79 Å². The first-order valence-corrected chi connectivity index (χ1v) is 8.72. The molecule has 2 aromatic carbocycles. The molecule has 8 heteroatoms. The number of benzene rings is 2. The molecule has 148 valence electrons. The van der Waals surface area contributed by atoms with Crippen LogP contribution < -0.4 is 16.4 Å². The predicted molar refractivity (Wildman–Crippen MR) is 103 cm³/mol. The Morgan fingerprint density at radius 3 is 2.14 bits per heavy atom.